The summed E-state index contributed by atoms with van der Waals surface area (Å²) in [7, 11) is 0. The second-order valence-electron chi connectivity index (χ2n) is 0.519. The zero-order valence-corrected chi connectivity index (χ0v) is 10.1. The van der Waals surface area contributed by atoms with Crippen LogP contribution in [0.1, 0.15) is 6.92 Å². The monoisotopic (exact) mass is 204 g/mol. The molecule has 0 rings (SSSR count). The first-order chi connectivity index (χ1) is 2.73. The Morgan fingerprint density at radius 1 is 1.57 bits per heavy atom. The van der Waals surface area contributed by atoms with Gasteiger partial charge in [0, 0.05) is 26.4 Å². The van der Waals surface area contributed by atoms with Gasteiger partial charge in [-0.15, -0.1) is 0 Å². The van der Waals surface area contributed by atoms with Crippen LogP contribution in [-0.4, -0.2) is 11.1 Å². The Balaban J connectivity index is -0.0000000480. The molecule has 0 aromatic carbocycles. The van der Waals surface area contributed by atoms with Gasteiger partial charge in [0.15, 0.2) is 0 Å². The number of carbonyl (C=O) groups is 1. The van der Waals surface area contributed by atoms with Crippen LogP contribution in [0.5, 0.6) is 0 Å². The molecule has 0 spiro atoms. The zero-order chi connectivity index (χ0) is 5.58. The minimum absolute atomic E-state index is 0. The Hall–Kier alpha value is 0.517. The number of carboxylic acids is 1. The molecule has 0 radical (unpaired) electrons. The van der Waals surface area contributed by atoms with Crippen LogP contribution in [0.15, 0.2) is 0 Å². The Morgan fingerprint density at radius 3 is 1.57 bits per heavy atom. The summed E-state index contributed by atoms with van der Waals surface area (Å²) in [5.74, 6) is -0.833. The molecule has 1 N–H and O–H groups in total. The van der Waals surface area contributed by atoms with E-state index in [1.54, 1.807) is 0 Å². The average molecular weight is 207 g/mol. The van der Waals surface area contributed by atoms with Crippen LogP contribution in [0.25, 0.3) is 0 Å². The van der Waals surface area contributed by atoms with Gasteiger partial charge in [0.05, 0.1) is 0 Å². The molecule has 0 atom stereocenters. The average Bonchev–Trinajstić information content (AvgIpc) is 1.41. The van der Waals surface area contributed by atoms with E-state index in [0.717, 1.165) is 6.92 Å². The third-order valence-electron chi connectivity index (χ3n) is 0. The second-order valence-corrected chi connectivity index (χ2v) is 0.519. The molecule has 0 heterocycles. The normalized spacial score (nSPS) is 4.43. The molecular formula is C2H4O3Zn2. The van der Waals surface area contributed by atoms with Crippen LogP contribution < -0.4 is 0 Å². The smallest absolute Gasteiger partial charge is 0 e. The van der Waals surface area contributed by atoms with Gasteiger partial charge in [0.2, 0.25) is 0 Å². The molecule has 0 aliphatic carbocycles. The van der Waals surface area contributed by atoms with Gasteiger partial charge in [-0.3, -0.25) is 4.79 Å². The van der Waals surface area contributed by atoms with Crippen molar-refractivity contribution in [1.82, 2.24) is 0 Å². The minimum atomic E-state index is -0.833. The molecule has 0 aromatic rings. The summed E-state index contributed by atoms with van der Waals surface area (Å²) >= 11 is 0.125. The molecule has 0 aliphatic rings. The summed E-state index contributed by atoms with van der Waals surface area (Å²) in [6.45, 7) is 1.08. The van der Waals surface area contributed by atoms with Gasteiger partial charge in [-0.2, -0.15) is 0 Å². The maximum Gasteiger partial charge on any atom is 0 e. The van der Waals surface area contributed by atoms with Crippen LogP contribution >= 0.6 is 0 Å². The summed E-state index contributed by atoms with van der Waals surface area (Å²) in [5, 5.41) is 7.42. The first-order valence-corrected chi connectivity index (χ1v) is 2.43. The van der Waals surface area contributed by atoms with Crippen molar-refractivity contribution in [3.05, 3.63) is 0 Å². The Bertz CT molecular complexity index is 42.2. The van der Waals surface area contributed by atoms with Crippen molar-refractivity contribution in [3.8, 4) is 0 Å². The van der Waals surface area contributed by atoms with E-state index in [2.05, 4.69) is 0 Å². The molecule has 3 nitrogen and oxygen atoms in total. The van der Waals surface area contributed by atoms with Crippen LogP contribution in [0.4, 0.5) is 0 Å². The standard InChI is InChI=1S/C2H4O2.O.2Zn/c1-2(3)4;;;/h1H3,(H,3,4);;;. The minimum Gasteiger partial charge on any atom is 0 e. The van der Waals surface area contributed by atoms with Crippen LogP contribution in [0, 0.1) is 0 Å². The summed E-state index contributed by atoms with van der Waals surface area (Å²) in [5.41, 5.74) is 0. The number of hydrogen-bond donors (Lipinski definition) is 1. The van der Waals surface area contributed by atoms with Gasteiger partial charge < -0.3 is 5.11 Å². The molecule has 0 saturated heterocycles. The predicted octanol–water partition coefficient (Wildman–Crippen LogP) is -0.0329. The molecule has 0 saturated carbocycles. The maximum atomic E-state index is 9.00. The van der Waals surface area contributed by atoms with E-state index in [0.29, 0.717) is 0 Å². The van der Waals surface area contributed by atoms with Crippen LogP contribution in [-0.2, 0) is 46.1 Å². The quantitative estimate of drug-likeness (QED) is 0.567. The van der Waals surface area contributed by atoms with Crippen molar-refractivity contribution in [2.45, 2.75) is 6.92 Å². The molecule has 5 heteroatoms. The van der Waals surface area contributed by atoms with Crippen molar-refractivity contribution in [1.29, 1.82) is 0 Å². The first-order valence-electron chi connectivity index (χ1n) is 1.22. The van der Waals surface area contributed by atoms with E-state index in [9.17, 15) is 0 Å². The van der Waals surface area contributed by atoms with E-state index in [1.165, 1.54) is 0 Å². The number of carboxylic acid groups (broad SMARTS) is 1. The SMILES string of the molecule is CC(=O)O.[O]=[Zn].[Zn]. The Morgan fingerprint density at radius 2 is 1.57 bits per heavy atom. The van der Waals surface area contributed by atoms with Gasteiger partial charge in [-0.1, -0.05) is 0 Å². The van der Waals surface area contributed by atoms with Crippen molar-refractivity contribution >= 4 is 5.97 Å². The molecule has 0 bridgehead atoms. The van der Waals surface area contributed by atoms with Gasteiger partial charge in [0.25, 0.3) is 5.97 Å². The third-order valence-corrected chi connectivity index (χ3v) is 0. The van der Waals surface area contributed by atoms with Crippen molar-refractivity contribution in [2.24, 2.45) is 0 Å². The van der Waals surface area contributed by atoms with E-state index < -0.39 is 5.97 Å². The summed E-state index contributed by atoms with van der Waals surface area (Å²) in [6.07, 6.45) is 0. The fraction of sp³-hybridized carbons (Fsp3) is 0.500. The first kappa shape index (κ1) is 15.6. The second kappa shape index (κ2) is 16.0. The van der Waals surface area contributed by atoms with Crippen molar-refractivity contribution < 1.29 is 51.2 Å². The fourth-order valence-electron chi connectivity index (χ4n) is 0. The van der Waals surface area contributed by atoms with Gasteiger partial charge in [-0.25, -0.2) is 0 Å². The molecule has 0 aliphatic heterocycles. The van der Waals surface area contributed by atoms with Gasteiger partial charge in [0.1, 0.15) is 0 Å². The third kappa shape index (κ3) is 498. The Kier molecular flexibility index (Phi) is 35.8. The summed E-state index contributed by atoms with van der Waals surface area (Å²) in [6, 6.07) is 0. The molecule has 0 unspecified atom stereocenters. The topological polar surface area (TPSA) is 54.4 Å². The van der Waals surface area contributed by atoms with E-state index >= 15 is 0 Å². The maximum absolute atomic E-state index is 9.00. The van der Waals surface area contributed by atoms with E-state index in [-0.39, 0.29) is 37.7 Å². The molecule has 34 valence electrons. The number of rotatable bonds is 0. The molecule has 0 aromatic heterocycles. The van der Waals surface area contributed by atoms with Crippen molar-refractivity contribution in [3.63, 3.8) is 0 Å². The Labute approximate surface area is 64.2 Å². The van der Waals surface area contributed by atoms with Gasteiger partial charge in [-0.05, 0) is 0 Å². The van der Waals surface area contributed by atoms with Crippen molar-refractivity contribution in [2.75, 3.05) is 0 Å². The fourth-order valence-corrected chi connectivity index (χ4v) is 0. The molecule has 0 fully saturated rings. The van der Waals surface area contributed by atoms with E-state index in [1.807, 2.05) is 0 Å². The van der Waals surface area contributed by atoms with Gasteiger partial charge >= 0.3 is 21.8 Å². The van der Waals surface area contributed by atoms with Crippen LogP contribution in [0.2, 0.25) is 0 Å². The number of hydrogen-bond acceptors (Lipinski definition) is 2. The summed E-state index contributed by atoms with van der Waals surface area (Å²) < 4.78 is 8.38. The molecular weight excluding hydrogens is 203 g/mol. The predicted molar refractivity (Wildman–Crippen MR) is 14.0 cm³/mol. The molecule has 7 heavy (non-hydrogen) atoms. The zero-order valence-electron chi connectivity index (χ0n) is 4.18. The summed E-state index contributed by atoms with van der Waals surface area (Å²) in [4.78, 5) is 9.00. The number of aliphatic carboxylic acids is 1. The van der Waals surface area contributed by atoms with Crippen LogP contribution in [0.3, 0.4) is 0 Å². The molecule has 0 amide bonds. The van der Waals surface area contributed by atoms with E-state index in [4.69, 9.17) is 13.5 Å². The largest absolute Gasteiger partial charge is 0 e.